The summed E-state index contributed by atoms with van der Waals surface area (Å²) in [5, 5.41) is 0. The van der Waals surface area contributed by atoms with E-state index < -0.39 is 0 Å². The van der Waals surface area contributed by atoms with E-state index >= 15 is 0 Å². The molecule has 0 aliphatic carbocycles. The molecule has 1 rings (SSSR count). The minimum absolute atomic E-state index is 0.0146. The SMILES string of the molecule is CCOC(C(=O)c1cccc(OC)c1)C(C)C. The molecule has 0 radical (unpaired) electrons. The Hall–Kier alpha value is -1.35. The molecule has 1 atom stereocenters. The molecule has 0 spiro atoms. The van der Waals surface area contributed by atoms with Crippen molar-refractivity contribution in [3.8, 4) is 5.75 Å². The maximum atomic E-state index is 12.3. The van der Waals surface area contributed by atoms with Crippen molar-refractivity contribution in [2.45, 2.75) is 26.9 Å². The molecule has 0 amide bonds. The first-order valence-electron chi connectivity index (χ1n) is 5.90. The van der Waals surface area contributed by atoms with Crippen LogP contribution >= 0.6 is 0 Å². The molecule has 0 bridgehead atoms. The number of rotatable bonds is 6. The summed E-state index contributed by atoms with van der Waals surface area (Å²) in [6, 6.07) is 7.17. The third kappa shape index (κ3) is 3.56. The van der Waals surface area contributed by atoms with Gasteiger partial charge in [-0.3, -0.25) is 4.79 Å². The lowest BCUT2D eigenvalue weighted by Crippen LogP contribution is -2.29. The van der Waals surface area contributed by atoms with Crippen LogP contribution in [0.5, 0.6) is 5.75 Å². The molecule has 0 saturated heterocycles. The van der Waals surface area contributed by atoms with E-state index in [9.17, 15) is 4.79 Å². The van der Waals surface area contributed by atoms with E-state index in [0.29, 0.717) is 17.9 Å². The van der Waals surface area contributed by atoms with Crippen LogP contribution in [0.4, 0.5) is 0 Å². The van der Waals surface area contributed by atoms with Crippen LogP contribution in [0.2, 0.25) is 0 Å². The lowest BCUT2D eigenvalue weighted by Gasteiger charge is -2.19. The summed E-state index contributed by atoms with van der Waals surface area (Å²) in [4.78, 5) is 12.3. The Morgan fingerprint density at radius 3 is 2.59 bits per heavy atom. The maximum absolute atomic E-state index is 12.3. The zero-order valence-corrected chi connectivity index (χ0v) is 10.9. The van der Waals surface area contributed by atoms with Crippen LogP contribution in [0.15, 0.2) is 24.3 Å². The van der Waals surface area contributed by atoms with Crippen LogP contribution < -0.4 is 4.74 Å². The Morgan fingerprint density at radius 2 is 2.06 bits per heavy atom. The summed E-state index contributed by atoms with van der Waals surface area (Å²) in [6.45, 7) is 6.41. The van der Waals surface area contributed by atoms with E-state index in [4.69, 9.17) is 9.47 Å². The minimum Gasteiger partial charge on any atom is -0.497 e. The van der Waals surface area contributed by atoms with Gasteiger partial charge in [-0.15, -0.1) is 0 Å². The molecular formula is C14H20O3. The average Bonchev–Trinajstić information content (AvgIpc) is 2.34. The number of carbonyl (C=O) groups is 1. The van der Waals surface area contributed by atoms with Crippen molar-refractivity contribution in [3.05, 3.63) is 29.8 Å². The first-order valence-corrected chi connectivity index (χ1v) is 5.90. The second kappa shape index (κ2) is 6.40. The van der Waals surface area contributed by atoms with Crippen molar-refractivity contribution in [1.82, 2.24) is 0 Å². The fourth-order valence-electron chi connectivity index (χ4n) is 1.69. The lowest BCUT2D eigenvalue weighted by molar-refractivity contribution is 0.0279. The second-order valence-electron chi connectivity index (χ2n) is 4.22. The highest BCUT2D eigenvalue weighted by molar-refractivity contribution is 5.99. The lowest BCUT2D eigenvalue weighted by atomic mass is 9.97. The molecule has 0 aliphatic rings. The molecule has 0 aromatic heterocycles. The van der Waals surface area contributed by atoms with E-state index in [-0.39, 0.29) is 17.8 Å². The molecular weight excluding hydrogens is 216 g/mol. The predicted molar refractivity (Wildman–Crippen MR) is 67.6 cm³/mol. The van der Waals surface area contributed by atoms with Gasteiger partial charge in [-0.05, 0) is 25.0 Å². The molecule has 1 aromatic rings. The van der Waals surface area contributed by atoms with Crippen molar-refractivity contribution in [3.63, 3.8) is 0 Å². The van der Waals surface area contributed by atoms with Crippen LogP contribution in [0.25, 0.3) is 0 Å². The number of methoxy groups -OCH3 is 1. The summed E-state index contributed by atoms with van der Waals surface area (Å²) in [5.41, 5.74) is 0.636. The Labute approximate surface area is 103 Å². The Kier molecular flexibility index (Phi) is 5.16. The van der Waals surface area contributed by atoms with Crippen molar-refractivity contribution >= 4 is 5.78 Å². The number of ether oxygens (including phenoxy) is 2. The average molecular weight is 236 g/mol. The summed E-state index contributed by atoms with van der Waals surface area (Å²) < 4.78 is 10.6. The third-order valence-corrected chi connectivity index (χ3v) is 2.56. The van der Waals surface area contributed by atoms with Crippen molar-refractivity contribution in [2.75, 3.05) is 13.7 Å². The number of hydrogen-bond donors (Lipinski definition) is 0. The third-order valence-electron chi connectivity index (χ3n) is 2.56. The van der Waals surface area contributed by atoms with Gasteiger partial charge in [-0.25, -0.2) is 0 Å². The topological polar surface area (TPSA) is 35.5 Å². The molecule has 1 aromatic carbocycles. The quantitative estimate of drug-likeness (QED) is 0.712. The molecule has 0 heterocycles. The molecule has 94 valence electrons. The normalized spacial score (nSPS) is 12.5. The highest BCUT2D eigenvalue weighted by Gasteiger charge is 2.23. The van der Waals surface area contributed by atoms with Gasteiger partial charge in [0.25, 0.3) is 0 Å². The van der Waals surface area contributed by atoms with Gasteiger partial charge < -0.3 is 9.47 Å². The van der Waals surface area contributed by atoms with Crippen LogP contribution in [0.1, 0.15) is 31.1 Å². The number of Topliss-reactive ketones (excluding diaryl/α,β-unsaturated/α-hetero) is 1. The molecule has 3 nitrogen and oxygen atoms in total. The van der Waals surface area contributed by atoms with Gasteiger partial charge in [0.15, 0.2) is 5.78 Å². The zero-order valence-electron chi connectivity index (χ0n) is 10.9. The fraction of sp³-hybridized carbons (Fsp3) is 0.500. The standard InChI is InChI=1S/C14H20O3/c1-5-17-14(10(2)3)13(15)11-7-6-8-12(9-11)16-4/h6-10,14H,5H2,1-4H3. The summed E-state index contributed by atoms with van der Waals surface area (Å²) in [7, 11) is 1.59. The van der Waals surface area contributed by atoms with E-state index in [1.807, 2.05) is 32.9 Å². The van der Waals surface area contributed by atoms with Gasteiger partial charge in [-0.1, -0.05) is 26.0 Å². The molecule has 3 heteroatoms. The number of carbonyl (C=O) groups excluding carboxylic acids is 1. The van der Waals surface area contributed by atoms with Gasteiger partial charge in [0.05, 0.1) is 7.11 Å². The van der Waals surface area contributed by atoms with Crippen molar-refractivity contribution in [1.29, 1.82) is 0 Å². The summed E-state index contributed by atoms with van der Waals surface area (Å²) in [5.74, 6) is 0.865. The van der Waals surface area contributed by atoms with Crippen LogP contribution in [0, 0.1) is 5.92 Å². The molecule has 0 fully saturated rings. The Bertz CT molecular complexity index is 371. The molecule has 0 aliphatic heterocycles. The number of benzene rings is 1. The Balaban J connectivity index is 2.92. The Morgan fingerprint density at radius 1 is 1.35 bits per heavy atom. The highest BCUT2D eigenvalue weighted by atomic mass is 16.5. The molecule has 0 saturated carbocycles. The fourth-order valence-corrected chi connectivity index (χ4v) is 1.69. The van der Waals surface area contributed by atoms with E-state index in [0.717, 1.165) is 0 Å². The maximum Gasteiger partial charge on any atom is 0.191 e. The van der Waals surface area contributed by atoms with Gasteiger partial charge in [0.2, 0.25) is 0 Å². The second-order valence-corrected chi connectivity index (χ2v) is 4.22. The van der Waals surface area contributed by atoms with Gasteiger partial charge in [0, 0.05) is 12.2 Å². The minimum atomic E-state index is -0.382. The predicted octanol–water partition coefficient (Wildman–Crippen LogP) is 2.94. The highest BCUT2D eigenvalue weighted by Crippen LogP contribution is 2.18. The van der Waals surface area contributed by atoms with Crippen LogP contribution in [-0.2, 0) is 4.74 Å². The van der Waals surface area contributed by atoms with Crippen LogP contribution in [-0.4, -0.2) is 25.6 Å². The van der Waals surface area contributed by atoms with E-state index in [1.54, 1.807) is 19.2 Å². The van der Waals surface area contributed by atoms with Crippen molar-refractivity contribution in [2.24, 2.45) is 5.92 Å². The smallest absolute Gasteiger partial charge is 0.191 e. The first kappa shape index (κ1) is 13.7. The van der Waals surface area contributed by atoms with Gasteiger partial charge >= 0.3 is 0 Å². The molecule has 0 N–H and O–H groups in total. The monoisotopic (exact) mass is 236 g/mol. The van der Waals surface area contributed by atoms with Gasteiger partial charge in [-0.2, -0.15) is 0 Å². The van der Waals surface area contributed by atoms with E-state index in [2.05, 4.69) is 0 Å². The zero-order chi connectivity index (χ0) is 12.8. The summed E-state index contributed by atoms with van der Waals surface area (Å²) >= 11 is 0. The summed E-state index contributed by atoms with van der Waals surface area (Å²) in [6.07, 6.45) is -0.382. The van der Waals surface area contributed by atoms with Crippen molar-refractivity contribution < 1.29 is 14.3 Å². The van der Waals surface area contributed by atoms with Crippen LogP contribution in [0.3, 0.4) is 0 Å². The molecule has 1 unspecified atom stereocenters. The number of hydrogen-bond acceptors (Lipinski definition) is 3. The largest absolute Gasteiger partial charge is 0.497 e. The van der Waals surface area contributed by atoms with Gasteiger partial charge in [0.1, 0.15) is 11.9 Å². The molecule has 17 heavy (non-hydrogen) atoms. The van der Waals surface area contributed by atoms with E-state index in [1.165, 1.54) is 0 Å². The first-order chi connectivity index (χ1) is 8.10. The number of ketones is 1.